The molecule has 0 bridgehead atoms. The van der Waals surface area contributed by atoms with Crippen LogP contribution in [0.2, 0.25) is 0 Å². The highest BCUT2D eigenvalue weighted by atomic mass is 79.9. The summed E-state index contributed by atoms with van der Waals surface area (Å²) in [6.07, 6.45) is 0. The maximum atomic E-state index is 5.50. The van der Waals surface area contributed by atoms with Crippen LogP contribution in [0.1, 0.15) is 38.2 Å². The molecule has 0 aliphatic heterocycles. The smallest absolute Gasteiger partial charge is 0.123 e. The highest BCUT2D eigenvalue weighted by Crippen LogP contribution is 2.40. The molecule has 1 unspecified atom stereocenters. The fourth-order valence-electron chi connectivity index (χ4n) is 2.66. The zero-order chi connectivity index (χ0) is 14.9. The molecule has 2 aromatic carbocycles. The Morgan fingerprint density at radius 2 is 1.50 bits per heavy atom. The number of para-hydroxylation sites is 1. The summed E-state index contributed by atoms with van der Waals surface area (Å²) >= 11 is 3.88. The van der Waals surface area contributed by atoms with Crippen molar-refractivity contribution in [2.75, 3.05) is 7.11 Å². The standard InChI is InChI=1S/C18H21BrO/c1-11-10-12(2)14(4)17(13(11)3)18(19)15-8-6-7-9-16(15)20-5/h6-10,18H,1-5H3. The molecule has 1 atom stereocenters. The molecule has 0 N–H and O–H groups in total. The van der Waals surface area contributed by atoms with Crippen molar-refractivity contribution in [3.63, 3.8) is 0 Å². The highest BCUT2D eigenvalue weighted by molar-refractivity contribution is 9.09. The topological polar surface area (TPSA) is 9.23 Å². The number of benzene rings is 2. The van der Waals surface area contributed by atoms with Gasteiger partial charge < -0.3 is 4.74 Å². The second-order valence-corrected chi connectivity index (χ2v) is 6.19. The molecule has 0 radical (unpaired) electrons. The number of alkyl halides is 1. The summed E-state index contributed by atoms with van der Waals surface area (Å²) in [7, 11) is 1.72. The molecule has 0 saturated carbocycles. The molecule has 0 spiro atoms. The lowest BCUT2D eigenvalue weighted by atomic mass is 9.90. The molecule has 0 aromatic heterocycles. The van der Waals surface area contributed by atoms with E-state index in [9.17, 15) is 0 Å². The molecule has 0 saturated heterocycles. The molecule has 0 amide bonds. The van der Waals surface area contributed by atoms with Gasteiger partial charge in [-0.25, -0.2) is 0 Å². The Hall–Kier alpha value is -1.28. The van der Waals surface area contributed by atoms with Crippen LogP contribution in [0.15, 0.2) is 30.3 Å². The van der Waals surface area contributed by atoms with Crippen LogP contribution >= 0.6 is 15.9 Å². The van der Waals surface area contributed by atoms with Gasteiger partial charge in [0.15, 0.2) is 0 Å². The number of aryl methyl sites for hydroxylation is 2. The largest absolute Gasteiger partial charge is 0.496 e. The molecule has 2 heteroatoms. The predicted molar refractivity (Wildman–Crippen MR) is 89.2 cm³/mol. The first-order valence-electron chi connectivity index (χ1n) is 6.81. The second kappa shape index (κ2) is 6.01. The predicted octanol–water partition coefficient (Wildman–Crippen LogP) is 5.41. The number of methoxy groups -OCH3 is 1. The summed E-state index contributed by atoms with van der Waals surface area (Å²) in [5, 5.41) is 0. The average molecular weight is 333 g/mol. The van der Waals surface area contributed by atoms with E-state index in [-0.39, 0.29) is 4.83 Å². The highest BCUT2D eigenvalue weighted by Gasteiger charge is 2.20. The Balaban J connectivity index is 2.62. The summed E-state index contributed by atoms with van der Waals surface area (Å²) in [5.41, 5.74) is 7.89. The minimum atomic E-state index is 0.150. The second-order valence-electron chi connectivity index (χ2n) is 5.28. The zero-order valence-electron chi connectivity index (χ0n) is 12.8. The Morgan fingerprint density at radius 1 is 0.950 bits per heavy atom. The first-order valence-corrected chi connectivity index (χ1v) is 7.73. The van der Waals surface area contributed by atoms with Gasteiger partial charge in [0.25, 0.3) is 0 Å². The molecular formula is C18H21BrO. The van der Waals surface area contributed by atoms with Crippen molar-refractivity contribution >= 4 is 15.9 Å². The first kappa shape index (κ1) is 15.1. The van der Waals surface area contributed by atoms with Gasteiger partial charge in [0.1, 0.15) is 5.75 Å². The number of hydrogen-bond acceptors (Lipinski definition) is 1. The lowest BCUT2D eigenvalue weighted by Gasteiger charge is -2.21. The molecular weight excluding hydrogens is 312 g/mol. The van der Waals surface area contributed by atoms with Crippen LogP contribution < -0.4 is 4.74 Å². The molecule has 1 nitrogen and oxygen atoms in total. The Kier molecular flexibility index (Phi) is 4.54. The van der Waals surface area contributed by atoms with Gasteiger partial charge in [-0.3, -0.25) is 0 Å². The van der Waals surface area contributed by atoms with Crippen molar-refractivity contribution in [3.8, 4) is 5.75 Å². The van der Waals surface area contributed by atoms with Crippen LogP contribution in [0, 0.1) is 27.7 Å². The average Bonchev–Trinajstić information content (AvgIpc) is 2.45. The van der Waals surface area contributed by atoms with E-state index in [1.165, 1.54) is 33.4 Å². The van der Waals surface area contributed by atoms with Gasteiger partial charge in [0, 0.05) is 5.56 Å². The van der Waals surface area contributed by atoms with Crippen molar-refractivity contribution in [1.82, 2.24) is 0 Å². The monoisotopic (exact) mass is 332 g/mol. The van der Waals surface area contributed by atoms with Crippen molar-refractivity contribution in [3.05, 3.63) is 63.7 Å². The van der Waals surface area contributed by atoms with Crippen molar-refractivity contribution in [1.29, 1.82) is 0 Å². The van der Waals surface area contributed by atoms with Crippen molar-refractivity contribution < 1.29 is 4.74 Å². The summed E-state index contributed by atoms with van der Waals surface area (Å²) in [4.78, 5) is 0.150. The van der Waals surface area contributed by atoms with Gasteiger partial charge in [0.2, 0.25) is 0 Å². The normalized spacial score (nSPS) is 12.3. The van der Waals surface area contributed by atoms with Crippen LogP contribution in [0.5, 0.6) is 5.75 Å². The van der Waals surface area contributed by atoms with E-state index in [2.05, 4.69) is 61.8 Å². The fraction of sp³-hybridized carbons (Fsp3) is 0.333. The van der Waals surface area contributed by atoms with Crippen LogP contribution in [0.4, 0.5) is 0 Å². The molecule has 0 fully saturated rings. The lowest BCUT2D eigenvalue weighted by molar-refractivity contribution is 0.410. The molecule has 2 aromatic rings. The fourth-order valence-corrected chi connectivity index (χ4v) is 3.72. The minimum absolute atomic E-state index is 0.150. The third-order valence-electron chi connectivity index (χ3n) is 4.09. The molecule has 0 heterocycles. The van der Waals surface area contributed by atoms with Gasteiger partial charge in [-0.2, -0.15) is 0 Å². The molecule has 0 aliphatic carbocycles. The first-order chi connectivity index (χ1) is 9.47. The van der Waals surface area contributed by atoms with Gasteiger partial charge in [-0.1, -0.05) is 40.2 Å². The van der Waals surface area contributed by atoms with Crippen LogP contribution in [-0.2, 0) is 0 Å². The summed E-state index contributed by atoms with van der Waals surface area (Å²) in [5.74, 6) is 0.923. The number of halogens is 1. The Labute approximate surface area is 130 Å². The SMILES string of the molecule is COc1ccccc1C(Br)c1c(C)c(C)cc(C)c1C. The van der Waals surface area contributed by atoms with Gasteiger partial charge in [-0.15, -0.1) is 0 Å². The van der Waals surface area contributed by atoms with E-state index in [1.54, 1.807) is 7.11 Å². The number of rotatable bonds is 3. The summed E-state index contributed by atoms with van der Waals surface area (Å²) in [6.45, 7) is 8.74. The van der Waals surface area contributed by atoms with E-state index < -0.39 is 0 Å². The number of ether oxygens (including phenoxy) is 1. The Bertz CT molecular complexity index is 605. The van der Waals surface area contributed by atoms with Gasteiger partial charge in [-0.05, 0) is 61.6 Å². The van der Waals surface area contributed by atoms with Crippen molar-refractivity contribution in [2.45, 2.75) is 32.5 Å². The molecule has 106 valence electrons. The van der Waals surface area contributed by atoms with E-state index in [4.69, 9.17) is 4.74 Å². The Morgan fingerprint density at radius 3 is 2.05 bits per heavy atom. The number of hydrogen-bond donors (Lipinski definition) is 0. The lowest BCUT2D eigenvalue weighted by Crippen LogP contribution is -2.04. The third-order valence-corrected chi connectivity index (χ3v) is 5.04. The van der Waals surface area contributed by atoms with Crippen molar-refractivity contribution in [2.24, 2.45) is 0 Å². The van der Waals surface area contributed by atoms with E-state index in [1.807, 2.05) is 12.1 Å². The quantitative estimate of drug-likeness (QED) is 0.682. The van der Waals surface area contributed by atoms with E-state index >= 15 is 0 Å². The van der Waals surface area contributed by atoms with Gasteiger partial charge >= 0.3 is 0 Å². The molecule has 0 aliphatic rings. The summed E-state index contributed by atoms with van der Waals surface area (Å²) < 4.78 is 5.50. The maximum absolute atomic E-state index is 5.50. The van der Waals surface area contributed by atoms with Crippen LogP contribution in [0.25, 0.3) is 0 Å². The maximum Gasteiger partial charge on any atom is 0.123 e. The minimum Gasteiger partial charge on any atom is -0.496 e. The zero-order valence-corrected chi connectivity index (χ0v) is 14.3. The van der Waals surface area contributed by atoms with Gasteiger partial charge in [0.05, 0.1) is 11.9 Å². The van der Waals surface area contributed by atoms with E-state index in [0.717, 1.165) is 5.75 Å². The van der Waals surface area contributed by atoms with E-state index in [0.29, 0.717) is 0 Å². The molecule has 2 rings (SSSR count). The summed E-state index contributed by atoms with van der Waals surface area (Å²) in [6, 6.07) is 10.4. The van der Waals surface area contributed by atoms with Crippen LogP contribution in [0.3, 0.4) is 0 Å². The molecule has 20 heavy (non-hydrogen) atoms. The van der Waals surface area contributed by atoms with Crippen LogP contribution in [-0.4, -0.2) is 7.11 Å². The third kappa shape index (κ3) is 2.62.